The van der Waals surface area contributed by atoms with Gasteiger partial charge in [-0.1, -0.05) is 11.6 Å². The summed E-state index contributed by atoms with van der Waals surface area (Å²) in [6.07, 6.45) is 1.70. The van der Waals surface area contributed by atoms with Gasteiger partial charge >= 0.3 is 0 Å². The van der Waals surface area contributed by atoms with Crippen LogP contribution in [0.1, 0.15) is 6.92 Å². The lowest BCUT2D eigenvalue weighted by molar-refractivity contribution is 0.678. The molecule has 0 bridgehead atoms. The van der Waals surface area contributed by atoms with Crippen molar-refractivity contribution in [2.24, 2.45) is 0 Å². The van der Waals surface area contributed by atoms with Crippen molar-refractivity contribution < 1.29 is 0 Å². The zero-order chi connectivity index (χ0) is 9.42. The van der Waals surface area contributed by atoms with E-state index in [1.165, 1.54) is 0 Å². The molecular weight excluding hydrogens is 300 g/mol. The molecular formula is C8H7ClIN3. The van der Waals surface area contributed by atoms with E-state index in [0.717, 1.165) is 21.1 Å². The Hall–Kier alpha value is -0.360. The third-order valence-electron chi connectivity index (χ3n) is 1.88. The molecule has 3 nitrogen and oxygen atoms in total. The number of aryl methyl sites for hydroxylation is 1. The molecule has 13 heavy (non-hydrogen) atoms. The predicted octanol–water partition coefficient (Wildman–Crippen LogP) is 2.71. The summed E-state index contributed by atoms with van der Waals surface area (Å²) in [6, 6.07) is 1.93. The summed E-state index contributed by atoms with van der Waals surface area (Å²) < 4.78 is 2.83. The molecule has 0 spiro atoms. The average molecular weight is 308 g/mol. The molecule has 5 heteroatoms. The molecule has 0 saturated heterocycles. The molecule has 0 unspecified atom stereocenters. The number of rotatable bonds is 1. The number of halogens is 2. The third-order valence-corrected chi connectivity index (χ3v) is 2.92. The van der Waals surface area contributed by atoms with Crippen molar-refractivity contribution in [3.8, 4) is 0 Å². The average Bonchev–Trinajstić information content (AvgIpc) is 2.44. The maximum absolute atomic E-state index is 5.96. The zero-order valence-electron chi connectivity index (χ0n) is 6.96. The number of aromatic nitrogens is 3. The highest BCUT2D eigenvalue weighted by Crippen LogP contribution is 2.25. The van der Waals surface area contributed by atoms with Crippen molar-refractivity contribution in [3.05, 3.63) is 21.1 Å². The molecule has 0 aliphatic rings. The Morgan fingerprint density at radius 1 is 1.62 bits per heavy atom. The van der Waals surface area contributed by atoms with Crippen LogP contribution in [0.5, 0.6) is 0 Å². The minimum atomic E-state index is 0.529. The first-order chi connectivity index (χ1) is 6.24. The van der Waals surface area contributed by atoms with Crippen molar-refractivity contribution in [1.29, 1.82) is 0 Å². The summed E-state index contributed by atoms with van der Waals surface area (Å²) in [4.78, 5) is 4.02. The molecule has 0 aromatic carbocycles. The summed E-state index contributed by atoms with van der Waals surface area (Å²) in [5.41, 5.74) is 1.05. The zero-order valence-corrected chi connectivity index (χ0v) is 9.87. The lowest BCUT2D eigenvalue weighted by Gasteiger charge is -1.96. The van der Waals surface area contributed by atoms with Crippen LogP contribution in [0, 0.1) is 3.70 Å². The molecule has 0 N–H and O–H groups in total. The molecule has 2 aromatic heterocycles. The van der Waals surface area contributed by atoms with Gasteiger partial charge in [-0.3, -0.25) is 4.68 Å². The second-order valence-corrected chi connectivity index (χ2v) is 3.98. The maximum atomic E-state index is 5.96. The van der Waals surface area contributed by atoms with Crippen LogP contribution in [-0.2, 0) is 6.54 Å². The van der Waals surface area contributed by atoms with Crippen LogP contribution in [0.2, 0.25) is 5.15 Å². The topological polar surface area (TPSA) is 30.7 Å². The van der Waals surface area contributed by atoms with Crippen LogP contribution in [0.25, 0.3) is 10.9 Å². The molecule has 2 rings (SSSR count). The van der Waals surface area contributed by atoms with Crippen molar-refractivity contribution >= 4 is 45.1 Å². The fraction of sp³-hybridized carbons (Fsp3) is 0.250. The fourth-order valence-electron chi connectivity index (χ4n) is 1.28. The van der Waals surface area contributed by atoms with Gasteiger partial charge in [-0.25, -0.2) is 4.98 Å². The van der Waals surface area contributed by atoms with E-state index in [1.807, 2.05) is 10.7 Å². The van der Waals surface area contributed by atoms with Crippen molar-refractivity contribution in [3.63, 3.8) is 0 Å². The summed E-state index contributed by atoms with van der Waals surface area (Å²) in [6.45, 7) is 2.90. The Morgan fingerprint density at radius 2 is 2.38 bits per heavy atom. The van der Waals surface area contributed by atoms with E-state index < -0.39 is 0 Å². The Morgan fingerprint density at radius 3 is 3.08 bits per heavy atom. The quantitative estimate of drug-likeness (QED) is 0.599. The molecule has 0 fully saturated rings. The summed E-state index contributed by atoms with van der Waals surface area (Å²) >= 11 is 8.13. The molecule has 68 valence electrons. The number of hydrogen-bond donors (Lipinski definition) is 0. The standard InChI is InChI=1S/C8H7ClIN3/c1-2-13-5-3-4-11-7(9)6(5)8(10)12-13/h3-4H,2H2,1H3. The Kier molecular flexibility index (Phi) is 2.42. The molecule has 2 aromatic rings. The second kappa shape index (κ2) is 3.42. The minimum Gasteiger partial charge on any atom is -0.264 e. The van der Waals surface area contributed by atoms with Gasteiger partial charge in [0.05, 0.1) is 10.9 Å². The summed E-state index contributed by atoms with van der Waals surface area (Å²) in [5.74, 6) is 0. The van der Waals surface area contributed by atoms with Gasteiger partial charge in [0.25, 0.3) is 0 Å². The highest BCUT2D eigenvalue weighted by Gasteiger charge is 2.10. The first-order valence-electron chi connectivity index (χ1n) is 3.90. The van der Waals surface area contributed by atoms with Crippen molar-refractivity contribution in [2.75, 3.05) is 0 Å². The number of fused-ring (bicyclic) bond motifs is 1. The van der Waals surface area contributed by atoms with Gasteiger partial charge in [0, 0.05) is 12.7 Å². The SMILES string of the molecule is CCn1nc(I)c2c(Cl)nccc21. The van der Waals surface area contributed by atoms with Gasteiger partial charge in [0.15, 0.2) is 0 Å². The number of nitrogens with zero attached hydrogens (tertiary/aromatic N) is 3. The molecule has 0 saturated carbocycles. The van der Waals surface area contributed by atoms with E-state index in [2.05, 4.69) is 39.6 Å². The largest absolute Gasteiger partial charge is 0.264 e. The summed E-state index contributed by atoms with van der Waals surface area (Å²) in [7, 11) is 0. The Balaban J connectivity index is 2.87. The monoisotopic (exact) mass is 307 g/mol. The fourth-order valence-corrected chi connectivity index (χ4v) is 2.48. The molecule has 0 radical (unpaired) electrons. The maximum Gasteiger partial charge on any atom is 0.141 e. The van der Waals surface area contributed by atoms with Gasteiger partial charge in [-0.05, 0) is 35.6 Å². The van der Waals surface area contributed by atoms with Gasteiger partial charge in [-0.15, -0.1) is 0 Å². The lowest BCUT2D eigenvalue weighted by Crippen LogP contribution is -1.95. The first-order valence-corrected chi connectivity index (χ1v) is 5.36. The summed E-state index contributed by atoms with van der Waals surface area (Å²) in [5, 5.41) is 5.83. The van der Waals surface area contributed by atoms with E-state index in [9.17, 15) is 0 Å². The van der Waals surface area contributed by atoms with Crippen molar-refractivity contribution in [2.45, 2.75) is 13.5 Å². The second-order valence-electron chi connectivity index (χ2n) is 2.60. The minimum absolute atomic E-state index is 0.529. The lowest BCUT2D eigenvalue weighted by atomic mass is 10.3. The Bertz CT molecular complexity index is 452. The van der Waals surface area contributed by atoms with Gasteiger partial charge < -0.3 is 0 Å². The molecule has 0 aliphatic carbocycles. The van der Waals surface area contributed by atoms with Gasteiger partial charge in [-0.2, -0.15) is 5.10 Å². The highest BCUT2D eigenvalue weighted by atomic mass is 127. The van der Waals surface area contributed by atoms with E-state index in [4.69, 9.17) is 11.6 Å². The van der Waals surface area contributed by atoms with Gasteiger partial charge in [0.2, 0.25) is 0 Å². The molecule has 0 atom stereocenters. The number of hydrogen-bond acceptors (Lipinski definition) is 2. The van der Waals surface area contributed by atoms with E-state index in [1.54, 1.807) is 6.20 Å². The normalized spacial score (nSPS) is 11.0. The molecule has 0 amide bonds. The van der Waals surface area contributed by atoms with E-state index >= 15 is 0 Å². The van der Waals surface area contributed by atoms with Gasteiger partial charge in [0.1, 0.15) is 8.85 Å². The Labute approximate surface area is 94.2 Å². The van der Waals surface area contributed by atoms with Crippen LogP contribution in [0.3, 0.4) is 0 Å². The van der Waals surface area contributed by atoms with Crippen LogP contribution in [0.15, 0.2) is 12.3 Å². The van der Waals surface area contributed by atoms with Crippen LogP contribution in [0.4, 0.5) is 0 Å². The van der Waals surface area contributed by atoms with Crippen molar-refractivity contribution in [1.82, 2.24) is 14.8 Å². The van der Waals surface area contributed by atoms with Crippen LogP contribution >= 0.6 is 34.2 Å². The van der Waals surface area contributed by atoms with E-state index in [-0.39, 0.29) is 0 Å². The number of pyridine rings is 1. The first kappa shape index (κ1) is 9.21. The van der Waals surface area contributed by atoms with Crippen LogP contribution < -0.4 is 0 Å². The molecule has 2 heterocycles. The smallest absolute Gasteiger partial charge is 0.141 e. The predicted molar refractivity (Wildman–Crippen MR) is 60.9 cm³/mol. The molecule has 0 aliphatic heterocycles. The highest BCUT2D eigenvalue weighted by molar-refractivity contribution is 14.1. The third kappa shape index (κ3) is 1.42. The van der Waals surface area contributed by atoms with Crippen LogP contribution in [-0.4, -0.2) is 14.8 Å². The van der Waals surface area contributed by atoms with E-state index in [0.29, 0.717) is 5.15 Å².